The summed E-state index contributed by atoms with van der Waals surface area (Å²) in [6.07, 6.45) is 1.43. The van der Waals surface area contributed by atoms with E-state index < -0.39 is 17.3 Å². The molecule has 1 N–H and O–H groups in total. The minimum Gasteiger partial charge on any atom is -0.511 e. The number of carbonyl (C=O) groups is 2. The van der Waals surface area contributed by atoms with E-state index in [1.807, 2.05) is 37.3 Å². The second-order valence-corrected chi connectivity index (χ2v) is 7.22. The van der Waals surface area contributed by atoms with Gasteiger partial charge in [-0.3, -0.25) is 14.6 Å². The Morgan fingerprint density at radius 2 is 1.96 bits per heavy atom. The molecular weight excluding hydrogens is 330 g/mol. The summed E-state index contributed by atoms with van der Waals surface area (Å²) in [7, 11) is 1.29. The lowest BCUT2D eigenvalue weighted by molar-refractivity contribution is -0.150. The lowest BCUT2D eigenvalue weighted by Gasteiger charge is -2.36. The lowest BCUT2D eigenvalue weighted by Crippen LogP contribution is -2.41. The maximum Gasteiger partial charge on any atom is 0.316 e. The Balaban J connectivity index is 2.32. The number of methoxy groups -OCH3 is 1. The standard InChI is InChI=1S/C21H27NO4/c1-5-15(22-12-11-14-9-7-6-8-10-14)17-16(23)13-21(2,3)18(19(17)24)20(25)26-4/h6-10,18,24H,5,11-13H2,1-4H3/t18-/m0/s1. The molecule has 5 nitrogen and oxygen atoms in total. The molecule has 0 bridgehead atoms. The number of hydrogen-bond acceptors (Lipinski definition) is 5. The van der Waals surface area contributed by atoms with Crippen molar-refractivity contribution in [2.24, 2.45) is 16.3 Å². The molecule has 1 atom stereocenters. The second kappa shape index (κ2) is 8.30. The van der Waals surface area contributed by atoms with Gasteiger partial charge in [-0.25, -0.2) is 0 Å². The summed E-state index contributed by atoms with van der Waals surface area (Å²) in [5, 5.41) is 10.7. The Hall–Kier alpha value is -2.43. The molecule has 140 valence electrons. The zero-order chi connectivity index (χ0) is 19.3. The van der Waals surface area contributed by atoms with Crippen molar-refractivity contribution < 1.29 is 19.4 Å². The number of hydrogen-bond donors (Lipinski definition) is 1. The van der Waals surface area contributed by atoms with E-state index in [2.05, 4.69) is 4.99 Å². The van der Waals surface area contributed by atoms with Crippen LogP contribution < -0.4 is 0 Å². The number of carbonyl (C=O) groups excluding carboxylic acids is 2. The fourth-order valence-electron chi connectivity index (χ4n) is 3.45. The molecule has 0 spiro atoms. The summed E-state index contributed by atoms with van der Waals surface area (Å²) in [6, 6.07) is 9.96. The number of Topliss-reactive ketones (excluding diaryl/α,β-unsaturated/α-hetero) is 1. The van der Waals surface area contributed by atoms with E-state index >= 15 is 0 Å². The van der Waals surface area contributed by atoms with E-state index in [4.69, 9.17) is 4.74 Å². The Labute approximate surface area is 154 Å². The van der Waals surface area contributed by atoms with Gasteiger partial charge in [0.15, 0.2) is 5.78 Å². The number of aliphatic hydroxyl groups is 1. The minimum absolute atomic E-state index is 0.171. The van der Waals surface area contributed by atoms with Crippen molar-refractivity contribution in [2.45, 2.75) is 40.0 Å². The van der Waals surface area contributed by atoms with E-state index in [1.165, 1.54) is 7.11 Å². The average molecular weight is 357 g/mol. The predicted octanol–water partition coefficient (Wildman–Crippen LogP) is 3.68. The van der Waals surface area contributed by atoms with E-state index in [-0.39, 0.29) is 23.5 Å². The SMILES string of the molecule is CCC(=NCCc1ccccc1)C1=C(O)[C@@H](C(=O)OC)C(C)(C)CC1=O. The molecule has 1 aromatic rings. The molecule has 1 aliphatic rings. The molecule has 0 saturated heterocycles. The van der Waals surface area contributed by atoms with Crippen molar-refractivity contribution in [3.8, 4) is 0 Å². The summed E-state index contributed by atoms with van der Waals surface area (Å²) in [5.41, 5.74) is 1.21. The summed E-state index contributed by atoms with van der Waals surface area (Å²) in [5.74, 6) is -1.77. The molecule has 0 fully saturated rings. The van der Waals surface area contributed by atoms with Crippen LogP contribution in [0.2, 0.25) is 0 Å². The van der Waals surface area contributed by atoms with Gasteiger partial charge in [0.1, 0.15) is 11.7 Å². The van der Waals surface area contributed by atoms with Gasteiger partial charge in [0.05, 0.1) is 12.7 Å². The van der Waals surface area contributed by atoms with Gasteiger partial charge >= 0.3 is 5.97 Å². The van der Waals surface area contributed by atoms with Crippen LogP contribution in [0.3, 0.4) is 0 Å². The molecule has 0 saturated carbocycles. The van der Waals surface area contributed by atoms with Crippen LogP contribution in [0.1, 0.15) is 39.2 Å². The first-order valence-electron chi connectivity index (χ1n) is 8.93. The van der Waals surface area contributed by atoms with E-state index in [9.17, 15) is 14.7 Å². The molecule has 0 amide bonds. The summed E-state index contributed by atoms with van der Waals surface area (Å²) < 4.78 is 4.85. The fourth-order valence-corrected chi connectivity index (χ4v) is 3.45. The minimum atomic E-state index is -0.855. The number of aliphatic imine (C=N–C) groups is 1. The topological polar surface area (TPSA) is 76.0 Å². The van der Waals surface area contributed by atoms with Crippen LogP contribution in [-0.4, -0.2) is 36.2 Å². The van der Waals surface area contributed by atoms with Crippen molar-refractivity contribution in [1.29, 1.82) is 0 Å². The zero-order valence-electron chi connectivity index (χ0n) is 15.9. The number of aliphatic hydroxyl groups excluding tert-OH is 1. The molecule has 0 unspecified atom stereocenters. The van der Waals surface area contributed by atoms with Crippen LogP contribution in [0.15, 0.2) is 46.7 Å². The van der Waals surface area contributed by atoms with Gasteiger partial charge in [-0.1, -0.05) is 51.1 Å². The summed E-state index contributed by atoms with van der Waals surface area (Å²) in [6.45, 7) is 5.99. The van der Waals surface area contributed by atoms with Crippen molar-refractivity contribution >= 4 is 17.5 Å². The summed E-state index contributed by atoms with van der Waals surface area (Å²) >= 11 is 0. The highest BCUT2D eigenvalue weighted by Gasteiger charge is 2.47. The highest BCUT2D eigenvalue weighted by Crippen LogP contribution is 2.42. The first-order valence-corrected chi connectivity index (χ1v) is 8.93. The van der Waals surface area contributed by atoms with Crippen molar-refractivity contribution in [2.75, 3.05) is 13.7 Å². The Bertz CT molecular complexity index is 732. The van der Waals surface area contributed by atoms with Crippen LogP contribution in [0, 0.1) is 11.3 Å². The zero-order valence-corrected chi connectivity index (χ0v) is 15.9. The molecule has 5 heteroatoms. The van der Waals surface area contributed by atoms with E-state index in [0.29, 0.717) is 18.7 Å². The van der Waals surface area contributed by atoms with Crippen molar-refractivity contribution in [3.63, 3.8) is 0 Å². The monoisotopic (exact) mass is 357 g/mol. The maximum atomic E-state index is 12.7. The molecule has 0 aromatic heterocycles. The van der Waals surface area contributed by atoms with Gasteiger partial charge in [0.2, 0.25) is 0 Å². The van der Waals surface area contributed by atoms with Gasteiger partial charge in [0.25, 0.3) is 0 Å². The first kappa shape index (κ1) is 19.9. The quantitative estimate of drug-likeness (QED) is 0.622. The molecule has 0 radical (unpaired) electrons. The number of nitrogens with zero attached hydrogens (tertiary/aromatic N) is 1. The van der Waals surface area contributed by atoms with Crippen LogP contribution in [0.5, 0.6) is 0 Å². The number of esters is 1. The molecular formula is C21H27NO4. The third-order valence-corrected chi connectivity index (χ3v) is 4.81. The van der Waals surface area contributed by atoms with Gasteiger partial charge in [0, 0.05) is 18.7 Å². The van der Waals surface area contributed by atoms with Gasteiger partial charge in [-0.2, -0.15) is 0 Å². The van der Waals surface area contributed by atoms with Crippen LogP contribution in [0.4, 0.5) is 0 Å². The highest BCUT2D eigenvalue weighted by molar-refractivity contribution is 6.23. The lowest BCUT2D eigenvalue weighted by atomic mass is 9.67. The fraction of sp³-hybridized carbons (Fsp3) is 0.476. The third kappa shape index (κ3) is 4.21. The first-order chi connectivity index (χ1) is 12.3. The Kier molecular flexibility index (Phi) is 6.35. The number of ether oxygens (including phenoxy) is 1. The van der Waals surface area contributed by atoms with Gasteiger partial charge in [-0.15, -0.1) is 0 Å². The van der Waals surface area contributed by atoms with Crippen molar-refractivity contribution in [3.05, 3.63) is 47.2 Å². The Morgan fingerprint density at radius 1 is 1.31 bits per heavy atom. The molecule has 1 aliphatic carbocycles. The third-order valence-electron chi connectivity index (χ3n) is 4.81. The molecule has 0 heterocycles. The molecule has 1 aromatic carbocycles. The molecule has 26 heavy (non-hydrogen) atoms. The van der Waals surface area contributed by atoms with E-state index in [0.717, 1.165) is 12.0 Å². The predicted molar refractivity (Wildman–Crippen MR) is 101 cm³/mol. The average Bonchev–Trinajstić information content (AvgIpc) is 2.59. The number of ketones is 1. The van der Waals surface area contributed by atoms with Crippen LogP contribution in [-0.2, 0) is 20.7 Å². The van der Waals surface area contributed by atoms with Gasteiger partial charge in [-0.05, 0) is 23.8 Å². The smallest absolute Gasteiger partial charge is 0.316 e. The number of benzene rings is 1. The maximum absolute atomic E-state index is 12.7. The second-order valence-electron chi connectivity index (χ2n) is 7.22. The number of rotatable bonds is 6. The normalized spacial score (nSPS) is 20.2. The van der Waals surface area contributed by atoms with Crippen molar-refractivity contribution in [1.82, 2.24) is 0 Å². The molecule has 0 aliphatic heterocycles. The van der Waals surface area contributed by atoms with Crippen LogP contribution >= 0.6 is 0 Å². The van der Waals surface area contributed by atoms with E-state index in [1.54, 1.807) is 13.8 Å². The highest BCUT2D eigenvalue weighted by atomic mass is 16.5. The summed E-state index contributed by atoms with van der Waals surface area (Å²) in [4.78, 5) is 29.4. The molecule has 2 rings (SSSR count). The van der Waals surface area contributed by atoms with Gasteiger partial charge < -0.3 is 9.84 Å². The number of allylic oxidation sites excluding steroid dienone is 1. The Morgan fingerprint density at radius 3 is 2.54 bits per heavy atom. The largest absolute Gasteiger partial charge is 0.511 e. The van der Waals surface area contributed by atoms with Crippen LogP contribution in [0.25, 0.3) is 0 Å².